The molecule has 2 rings (SSSR count). The first-order chi connectivity index (χ1) is 7.57. The SMILES string of the molecule is Fc1ncccc1CN1CCC(F)(F)CC1. The van der Waals surface area contributed by atoms with Crippen LogP contribution in [0.3, 0.4) is 0 Å². The van der Waals surface area contributed by atoms with Crippen LogP contribution in [0.2, 0.25) is 0 Å². The van der Waals surface area contributed by atoms with E-state index in [9.17, 15) is 13.2 Å². The molecule has 1 aliphatic rings. The van der Waals surface area contributed by atoms with Gasteiger partial charge in [-0.3, -0.25) is 4.90 Å². The highest BCUT2D eigenvalue weighted by Gasteiger charge is 2.33. The van der Waals surface area contributed by atoms with Gasteiger partial charge in [-0.15, -0.1) is 0 Å². The fraction of sp³-hybridized carbons (Fsp3) is 0.545. The summed E-state index contributed by atoms with van der Waals surface area (Å²) >= 11 is 0. The molecular formula is C11H13F3N2. The summed E-state index contributed by atoms with van der Waals surface area (Å²) in [6.45, 7) is 0.971. The van der Waals surface area contributed by atoms with Crippen molar-refractivity contribution in [3.05, 3.63) is 29.8 Å². The Labute approximate surface area is 92.1 Å². The quantitative estimate of drug-likeness (QED) is 0.725. The summed E-state index contributed by atoms with van der Waals surface area (Å²) < 4.78 is 39.0. The van der Waals surface area contributed by atoms with Crippen LogP contribution in [0.5, 0.6) is 0 Å². The van der Waals surface area contributed by atoms with Crippen LogP contribution in [0.4, 0.5) is 13.2 Å². The van der Waals surface area contributed by atoms with Crippen LogP contribution < -0.4 is 0 Å². The van der Waals surface area contributed by atoms with Gasteiger partial charge >= 0.3 is 0 Å². The first-order valence-electron chi connectivity index (χ1n) is 5.26. The molecule has 0 amide bonds. The van der Waals surface area contributed by atoms with Crippen LogP contribution in [0.25, 0.3) is 0 Å². The van der Waals surface area contributed by atoms with Gasteiger partial charge in [-0.05, 0) is 6.07 Å². The maximum Gasteiger partial charge on any atom is 0.250 e. The van der Waals surface area contributed by atoms with Crippen LogP contribution in [-0.2, 0) is 6.54 Å². The Balaban J connectivity index is 1.95. The number of pyridine rings is 1. The van der Waals surface area contributed by atoms with Crippen LogP contribution in [0, 0.1) is 5.95 Å². The van der Waals surface area contributed by atoms with Crippen molar-refractivity contribution in [2.45, 2.75) is 25.3 Å². The fourth-order valence-electron chi connectivity index (χ4n) is 1.82. The molecule has 1 aliphatic heterocycles. The molecule has 1 aromatic heterocycles. The average Bonchev–Trinajstić information content (AvgIpc) is 2.24. The van der Waals surface area contributed by atoms with Crippen LogP contribution in [0.1, 0.15) is 18.4 Å². The van der Waals surface area contributed by atoms with E-state index >= 15 is 0 Å². The van der Waals surface area contributed by atoms with Gasteiger partial charge in [0, 0.05) is 44.2 Å². The summed E-state index contributed by atoms with van der Waals surface area (Å²) in [5.74, 6) is -3.07. The number of alkyl halides is 2. The largest absolute Gasteiger partial charge is 0.298 e. The van der Waals surface area contributed by atoms with E-state index in [1.54, 1.807) is 12.1 Å². The van der Waals surface area contributed by atoms with Crippen molar-refractivity contribution in [3.63, 3.8) is 0 Å². The molecule has 0 radical (unpaired) electrons. The minimum Gasteiger partial charge on any atom is -0.298 e. The Morgan fingerprint density at radius 2 is 2.00 bits per heavy atom. The Morgan fingerprint density at radius 1 is 1.31 bits per heavy atom. The van der Waals surface area contributed by atoms with E-state index in [1.165, 1.54) is 6.20 Å². The minimum absolute atomic E-state index is 0.144. The van der Waals surface area contributed by atoms with E-state index in [0.717, 1.165) is 0 Å². The van der Waals surface area contributed by atoms with Crippen molar-refractivity contribution >= 4 is 0 Å². The first kappa shape index (κ1) is 11.4. The molecule has 0 saturated carbocycles. The van der Waals surface area contributed by atoms with Crippen molar-refractivity contribution in [3.8, 4) is 0 Å². The van der Waals surface area contributed by atoms with Crippen molar-refractivity contribution in [2.75, 3.05) is 13.1 Å². The zero-order valence-electron chi connectivity index (χ0n) is 8.80. The van der Waals surface area contributed by atoms with E-state index in [2.05, 4.69) is 4.98 Å². The lowest BCUT2D eigenvalue weighted by Gasteiger charge is -2.31. The predicted molar refractivity (Wildman–Crippen MR) is 53.7 cm³/mol. The van der Waals surface area contributed by atoms with E-state index in [4.69, 9.17) is 0 Å². The van der Waals surface area contributed by atoms with Crippen molar-refractivity contribution in [1.82, 2.24) is 9.88 Å². The van der Waals surface area contributed by atoms with Gasteiger partial charge in [-0.2, -0.15) is 4.39 Å². The molecule has 0 N–H and O–H groups in total. The molecule has 0 aliphatic carbocycles. The van der Waals surface area contributed by atoms with E-state index in [-0.39, 0.29) is 12.8 Å². The van der Waals surface area contributed by atoms with Gasteiger partial charge in [0.15, 0.2) is 0 Å². The molecule has 0 spiro atoms. The molecule has 1 fully saturated rings. The zero-order chi connectivity index (χ0) is 11.6. The summed E-state index contributed by atoms with van der Waals surface area (Å²) in [6.07, 6.45) is 1.09. The monoisotopic (exact) mass is 230 g/mol. The molecule has 1 aromatic rings. The fourth-order valence-corrected chi connectivity index (χ4v) is 1.82. The predicted octanol–water partition coefficient (Wildman–Crippen LogP) is 2.45. The van der Waals surface area contributed by atoms with Crippen LogP contribution in [-0.4, -0.2) is 28.9 Å². The first-order valence-corrected chi connectivity index (χ1v) is 5.26. The summed E-state index contributed by atoms with van der Waals surface area (Å²) in [5.41, 5.74) is 0.465. The number of aromatic nitrogens is 1. The standard InChI is InChI=1S/C11H13F3N2/c12-10-9(2-1-5-15-10)8-16-6-3-11(13,14)4-7-16/h1-2,5H,3-4,6-8H2. The molecule has 16 heavy (non-hydrogen) atoms. The normalized spacial score (nSPS) is 20.9. The third-order valence-electron chi connectivity index (χ3n) is 2.82. The highest BCUT2D eigenvalue weighted by molar-refractivity contribution is 5.10. The second kappa shape index (κ2) is 4.41. The number of hydrogen-bond donors (Lipinski definition) is 0. The van der Waals surface area contributed by atoms with Gasteiger partial charge in [0.2, 0.25) is 5.95 Å². The third-order valence-corrected chi connectivity index (χ3v) is 2.82. The van der Waals surface area contributed by atoms with Gasteiger partial charge in [0.05, 0.1) is 0 Å². The number of nitrogens with zero attached hydrogens (tertiary/aromatic N) is 2. The molecule has 2 nitrogen and oxygen atoms in total. The Morgan fingerprint density at radius 3 is 2.62 bits per heavy atom. The molecule has 88 valence electrons. The number of hydrogen-bond acceptors (Lipinski definition) is 2. The van der Waals surface area contributed by atoms with E-state index in [0.29, 0.717) is 25.2 Å². The van der Waals surface area contributed by atoms with Crippen LogP contribution >= 0.6 is 0 Å². The molecule has 5 heteroatoms. The van der Waals surface area contributed by atoms with Gasteiger partial charge < -0.3 is 0 Å². The molecule has 0 aromatic carbocycles. The van der Waals surface area contributed by atoms with Gasteiger partial charge in [-0.25, -0.2) is 13.8 Å². The van der Waals surface area contributed by atoms with Crippen molar-refractivity contribution in [1.29, 1.82) is 0 Å². The maximum atomic E-state index is 13.2. The smallest absolute Gasteiger partial charge is 0.250 e. The van der Waals surface area contributed by atoms with Crippen molar-refractivity contribution < 1.29 is 13.2 Å². The molecule has 0 unspecified atom stereocenters. The zero-order valence-corrected chi connectivity index (χ0v) is 8.80. The summed E-state index contributed by atoms with van der Waals surface area (Å²) in [7, 11) is 0. The second-order valence-electron chi connectivity index (χ2n) is 4.09. The Bertz CT molecular complexity index is 358. The summed E-state index contributed by atoms with van der Waals surface area (Å²) in [6, 6.07) is 3.28. The van der Waals surface area contributed by atoms with Crippen LogP contribution in [0.15, 0.2) is 18.3 Å². The summed E-state index contributed by atoms with van der Waals surface area (Å²) in [5, 5.41) is 0. The van der Waals surface area contributed by atoms with E-state index in [1.807, 2.05) is 4.90 Å². The number of likely N-dealkylation sites (tertiary alicyclic amines) is 1. The van der Waals surface area contributed by atoms with E-state index < -0.39 is 11.9 Å². The van der Waals surface area contributed by atoms with Crippen molar-refractivity contribution in [2.24, 2.45) is 0 Å². The molecule has 0 atom stereocenters. The molecular weight excluding hydrogens is 217 g/mol. The Kier molecular flexibility index (Phi) is 3.14. The second-order valence-corrected chi connectivity index (χ2v) is 4.09. The number of piperidine rings is 1. The molecule has 2 heterocycles. The number of halogens is 3. The Hall–Kier alpha value is -1.10. The van der Waals surface area contributed by atoms with Gasteiger partial charge in [0.25, 0.3) is 5.92 Å². The lowest BCUT2D eigenvalue weighted by Crippen LogP contribution is -2.39. The number of rotatable bonds is 2. The van der Waals surface area contributed by atoms with Gasteiger partial charge in [0.1, 0.15) is 0 Å². The third kappa shape index (κ3) is 2.72. The average molecular weight is 230 g/mol. The topological polar surface area (TPSA) is 16.1 Å². The molecule has 1 saturated heterocycles. The highest BCUT2D eigenvalue weighted by Crippen LogP contribution is 2.28. The lowest BCUT2D eigenvalue weighted by molar-refractivity contribution is -0.0568. The molecule has 0 bridgehead atoms. The highest BCUT2D eigenvalue weighted by atomic mass is 19.3. The maximum absolute atomic E-state index is 13.2. The minimum atomic E-state index is -2.55. The summed E-state index contributed by atoms with van der Waals surface area (Å²) in [4.78, 5) is 5.36. The van der Waals surface area contributed by atoms with Gasteiger partial charge in [-0.1, -0.05) is 6.07 Å². The lowest BCUT2D eigenvalue weighted by atomic mass is 10.1.